The van der Waals surface area contributed by atoms with Crippen LogP contribution in [0.3, 0.4) is 0 Å². The minimum atomic E-state index is -0.357. The molecule has 1 heterocycles. The lowest BCUT2D eigenvalue weighted by atomic mass is 9.81. The van der Waals surface area contributed by atoms with E-state index >= 15 is 0 Å². The second-order valence-corrected chi connectivity index (χ2v) is 6.53. The molecule has 24 heavy (non-hydrogen) atoms. The van der Waals surface area contributed by atoms with Crippen molar-refractivity contribution < 1.29 is 14.3 Å². The number of anilines is 1. The fourth-order valence-corrected chi connectivity index (χ4v) is 3.39. The summed E-state index contributed by atoms with van der Waals surface area (Å²) in [6.07, 6.45) is 5.15. The standard InChI is InChI=1S/C18H21ClN2O3/c19-13-4-3-5-14(12-13)20-17(22)15-6-1-2-7-16(15)18(23)21-8-10-24-11-9-21/h1-5,12,15-16H,6-11H2,(H,20,22). The van der Waals surface area contributed by atoms with Crippen LogP contribution >= 0.6 is 11.6 Å². The fraction of sp³-hybridized carbons (Fsp3) is 0.444. The molecular formula is C18H21ClN2O3. The molecule has 1 aliphatic heterocycles. The monoisotopic (exact) mass is 348 g/mol. The Kier molecular flexibility index (Phi) is 5.53. The molecule has 1 saturated heterocycles. The van der Waals surface area contributed by atoms with Gasteiger partial charge in [0.05, 0.1) is 25.0 Å². The number of amides is 2. The molecule has 0 saturated carbocycles. The second kappa shape index (κ2) is 7.81. The number of nitrogens with zero attached hydrogens (tertiary/aromatic N) is 1. The van der Waals surface area contributed by atoms with E-state index < -0.39 is 0 Å². The van der Waals surface area contributed by atoms with Gasteiger partial charge < -0.3 is 15.0 Å². The van der Waals surface area contributed by atoms with Gasteiger partial charge in [0.2, 0.25) is 11.8 Å². The number of halogens is 1. The maximum absolute atomic E-state index is 12.8. The van der Waals surface area contributed by atoms with Gasteiger partial charge in [-0.15, -0.1) is 0 Å². The Hall–Kier alpha value is -1.85. The molecule has 1 aliphatic carbocycles. The summed E-state index contributed by atoms with van der Waals surface area (Å²) >= 11 is 5.96. The zero-order chi connectivity index (χ0) is 16.9. The first-order valence-electron chi connectivity index (χ1n) is 8.23. The van der Waals surface area contributed by atoms with Gasteiger partial charge in [-0.1, -0.05) is 29.8 Å². The first-order valence-corrected chi connectivity index (χ1v) is 8.61. The van der Waals surface area contributed by atoms with E-state index in [1.807, 2.05) is 17.1 Å². The van der Waals surface area contributed by atoms with Crippen LogP contribution in [-0.4, -0.2) is 43.0 Å². The number of carbonyl (C=O) groups excluding carboxylic acids is 2. The molecule has 6 heteroatoms. The summed E-state index contributed by atoms with van der Waals surface area (Å²) in [6, 6.07) is 7.04. The Balaban J connectivity index is 1.70. The van der Waals surface area contributed by atoms with E-state index in [0.29, 0.717) is 49.9 Å². The van der Waals surface area contributed by atoms with Crippen molar-refractivity contribution in [2.75, 3.05) is 31.6 Å². The van der Waals surface area contributed by atoms with Gasteiger partial charge in [-0.05, 0) is 31.0 Å². The zero-order valence-electron chi connectivity index (χ0n) is 13.4. The molecule has 2 aliphatic rings. The minimum Gasteiger partial charge on any atom is -0.378 e. The van der Waals surface area contributed by atoms with Crippen molar-refractivity contribution in [3.63, 3.8) is 0 Å². The predicted molar refractivity (Wildman–Crippen MR) is 92.8 cm³/mol. The van der Waals surface area contributed by atoms with Gasteiger partial charge in [0.25, 0.3) is 0 Å². The van der Waals surface area contributed by atoms with E-state index in [-0.39, 0.29) is 23.7 Å². The topological polar surface area (TPSA) is 58.6 Å². The highest BCUT2D eigenvalue weighted by Gasteiger charge is 2.36. The van der Waals surface area contributed by atoms with Crippen molar-refractivity contribution in [3.8, 4) is 0 Å². The van der Waals surface area contributed by atoms with Crippen LogP contribution in [0.1, 0.15) is 12.8 Å². The SMILES string of the molecule is O=C(Nc1cccc(Cl)c1)C1CC=CCC1C(=O)N1CCOCC1. The molecule has 2 amide bonds. The Morgan fingerprint density at radius 3 is 2.54 bits per heavy atom. The van der Waals surface area contributed by atoms with Crippen LogP contribution in [0.25, 0.3) is 0 Å². The van der Waals surface area contributed by atoms with E-state index in [1.165, 1.54) is 0 Å². The number of hydrogen-bond acceptors (Lipinski definition) is 3. The number of benzene rings is 1. The quantitative estimate of drug-likeness (QED) is 0.854. The van der Waals surface area contributed by atoms with E-state index in [2.05, 4.69) is 5.32 Å². The van der Waals surface area contributed by atoms with Gasteiger partial charge in [0.15, 0.2) is 0 Å². The highest BCUT2D eigenvalue weighted by Crippen LogP contribution is 2.29. The molecule has 3 rings (SSSR count). The fourth-order valence-electron chi connectivity index (χ4n) is 3.20. The number of carbonyl (C=O) groups is 2. The minimum absolute atomic E-state index is 0.0499. The molecule has 2 unspecified atom stereocenters. The summed E-state index contributed by atoms with van der Waals surface area (Å²) in [7, 11) is 0. The lowest BCUT2D eigenvalue weighted by Gasteiger charge is -2.34. The summed E-state index contributed by atoms with van der Waals surface area (Å²) in [6.45, 7) is 2.32. The molecule has 5 nitrogen and oxygen atoms in total. The van der Waals surface area contributed by atoms with Crippen molar-refractivity contribution >= 4 is 29.1 Å². The van der Waals surface area contributed by atoms with Crippen LogP contribution in [0, 0.1) is 11.8 Å². The number of nitrogens with one attached hydrogen (secondary N) is 1. The molecule has 1 aromatic rings. The molecule has 0 spiro atoms. The van der Waals surface area contributed by atoms with Crippen LogP contribution < -0.4 is 5.32 Å². The molecule has 0 bridgehead atoms. The molecule has 128 valence electrons. The van der Waals surface area contributed by atoms with Crippen molar-refractivity contribution in [1.82, 2.24) is 4.90 Å². The van der Waals surface area contributed by atoms with E-state index in [0.717, 1.165) is 0 Å². The number of ether oxygens (including phenoxy) is 1. The highest BCUT2D eigenvalue weighted by molar-refractivity contribution is 6.30. The van der Waals surface area contributed by atoms with Crippen molar-refractivity contribution in [1.29, 1.82) is 0 Å². The average molecular weight is 349 g/mol. The third-order valence-electron chi connectivity index (χ3n) is 4.50. The van der Waals surface area contributed by atoms with Crippen molar-refractivity contribution in [2.45, 2.75) is 12.8 Å². The molecule has 1 N–H and O–H groups in total. The Morgan fingerprint density at radius 1 is 1.12 bits per heavy atom. The maximum atomic E-state index is 12.8. The van der Waals surface area contributed by atoms with Gasteiger partial charge >= 0.3 is 0 Å². The van der Waals surface area contributed by atoms with E-state index in [9.17, 15) is 9.59 Å². The Morgan fingerprint density at radius 2 is 1.83 bits per heavy atom. The molecular weight excluding hydrogens is 328 g/mol. The number of morpholine rings is 1. The first-order chi connectivity index (χ1) is 11.6. The van der Waals surface area contributed by atoms with Crippen LogP contribution in [0.4, 0.5) is 5.69 Å². The first kappa shape index (κ1) is 17.0. The van der Waals surface area contributed by atoms with E-state index in [1.54, 1.807) is 24.3 Å². The van der Waals surface area contributed by atoms with Crippen LogP contribution in [0.5, 0.6) is 0 Å². The molecule has 1 fully saturated rings. The van der Waals surface area contributed by atoms with Gasteiger partial charge in [0.1, 0.15) is 0 Å². The molecule has 2 atom stereocenters. The third-order valence-corrected chi connectivity index (χ3v) is 4.74. The van der Waals surface area contributed by atoms with Gasteiger partial charge in [-0.25, -0.2) is 0 Å². The third kappa shape index (κ3) is 3.97. The van der Waals surface area contributed by atoms with E-state index in [4.69, 9.17) is 16.3 Å². The van der Waals surface area contributed by atoms with Crippen LogP contribution in [-0.2, 0) is 14.3 Å². The smallest absolute Gasteiger partial charge is 0.228 e. The highest BCUT2D eigenvalue weighted by atomic mass is 35.5. The van der Waals surface area contributed by atoms with Crippen LogP contribution in [0.15, 0.2) is 36.4 Å². The van der Waals surface area contributed by atoms with Gasteiger partial charge in [-0.2, -0.15) is 0 Å². The summed E-state index contributed by atoms with van der Waals surface area (Å²) in [5.41, 5.74) is 0.652. The van der Waals surface area contributed by atoms with Gasteiger partial charge in [-0.3, -0.25) is 9.59 Å². The molecule has 0 aromatic heterocycles. The lowest BCUT2D eigenvalue weighted by molar-refractivity contribution is -0.144. The normalized spacial score (nSPS) is 23.8. The number of allylic oxidation sites excluding steroid dienone is 2. The zero-order valence-corrected chi connectivity index (χ0v) is 14.2. The molecule has 1 aromatic carbocycles. The maximum Gasteiger partial charge on any atom is 0.228 e. The predicted octanol–water partition coefficient (Wildman–Crippen LogP) is 2.72. The van der Waals surface area contributed by atoms with Gasteiger partial charge in [0, 0.05) is 23.8 Å². The number of rotatable bonds is 3. The Labute approximate surface area is 146 Å². The Bertz CT molecular complexity index is 641. The summed E-state index contributed by atoms with van der Waals surface area (Å²) in [4.78, 5) is 27.3. The summed E-state index contributed by atoms with van der Waals surface area (Å²) in [5.74, 6) is -0.751. The summed E-state index contributed by atoms with van der Waals surface area (Å²) < 4.78 is 5.30. The summed E-state index contributed by atoms with van der Waals surface area (Å²) in [5, 5.41) is 3.45. The van der Waals surface area contributed by atoms with Crippen LogP contribution in [0.2, 0.25) is 5.02 Å². The van der Waals surface area contributed by atoms with Crippen molar-refractivity contribution in [2.24, 2.45) is 11.8 Å². The second-order valence-electron chi connectivity index (χ2n) is 6.09. The number of hydrogen-bond donors (Lipinski definition) is 1. The van der Waals surface area contributed by atoms with Crippen molar-refractivity contribution in [3.05, 3.63) is 41.4 Å². The average Bonchev–Trinajstić information content (AvgIpc) is 2.62. The lowest BCUT2D eigenvalue weighted by Crippen LogP contribution is -2.47. The largest absolute Gasteiger partial charge is 0.378 e. The molecule has 0 radical (unpaired) electrons.